The maximum absolute atomic E-state index is 10.8. The second-order valence-electron chi connectivity index (χ2n) is 5.16. The van der Waals surface area contributed by atoms with Crippen LogP contribution in [0.2, 0.25) is 0 Å². The summed E-state index contributed by atoms with van der Waals surface area (Å²) in [5.41, 5.74) is 2.36. The van der Waals surface area contributed by atoms with E-state index >= 15 is 0 Å². The molecule has 1 saturated carbocycles. The van der Waals surface area contributed by atoms with E-state index in [1.54, 1.807) is 12.1 Å². The molecular formula is C17H16O3. The molecule has 1 fully saturated rings. The van der Waals surface area contributed by atoms with E-state index in [1.807, 2.05) is 36.4 Å². The van der Waals surface area contributed by atoms with Gasteiger partial charge in [0, 0.05) is 0 Å². The maximum Gasteiger partial charge on any atom is 0.335 e. The highest BCUT2D eigenvalue weighted by atomic mass is 16.5. The van der Waals surface area contributed by atoms with E-state index in [-0.39, 0.29) is 0 Å². The Balaban J connectivity index is 1.70. The molecule has 0 bridgehead atoms. The van der Waals surface area contributed by atoms with Crippen molar-refractivity contribution in [1.29, 1.82) is 0 Å². The first-order valence-electron chi connectivity index (χ1n) is 6.79. The van der Waals surface area contributed by atoms with Gasteiger partial charge < -0.3 is 9.84 Å². The van der Waals surface area contributed by atoms with E-state index in [9.17, 15) is 4.79 Å². The lowest BCUT2D eigenvalue weighted by atomic mass is 10.0. The van der Waals surface area contributed by atoms with Gasteiger partial charge in [-0.25, -0.2) is 4.79 Å². The molecule has 0 radical (unpaired) electrons. The fraction of sp³-hybridized carbons (Fsp3) is 0.235. The van der Waals surface area contributed by atoms with Crippen molar-refractivity contribution in [3.05, 3.63) is 54.1 Å². The zero-order valence-electron chi connectivity index (χ0n) is 11.1. The Bertz CT molecular complexity index is 595. The van der Waals surface area contributed by atoms with Crippen molar-refractivity contribution in [2.75, 3.05) is 6.61 Å². The van der Waals surface area contributed by atoms with Crippen LogP contribution in [-0.2, 0) is 0 Å². The summed E-state index contributed by atoms with van der Waals surface area (Å²) in [6, 6.07) is 14.8. The number of carboxylic acids is 1. The zero-order valence-corrected chi connectivity index (χ0v) is 11.1. The van der Waals surface area contributed by atoms with Crippen LogP contribution in [-0.4, -0.2) is 17.7 Å². The van der Waals surface area contributed by atoms with Gasteiger partial charge in [0.15, 0.2) is 0 Å². The summed E-state index contributed by atoms with van der Waals surface area (Å²) in [5, 5.41) is 8.88. The molecule has 3 heteroatoms. The highest BCUT2D eigenvalue weighted by Gasteiger charge is 2.21. The SMILES string of the molecule is O=C(O)c1ccc(-c2ccc(OCC3CC3)cc2)cc1. The lowest BCUT2D eigenvalue weighted by Crippen LogP contribution is -1.98. The first-order chi connectivity index (χ1) is 9.72. The Kier molecular flexibility index (Phi) is 3.42. The van der Waals surface area contributed by atoms with Gasteiger partial charge in [0.2, 0.25) is 0 Å². The van der Waals surface area contributed by atoms with Crippen LogP contribution < -0.4 is 4.74 Å². The highest BCUT2D eigenvalue weighted by molar-refractivity contribution is 5.88. The van der Waals surface area contributed by atoms with Crippen LogP contribution >= 0.6 is 0 Å². The summed E-state index contributed by atoms with van der Waals surface area (Å²) in [6.45, 7) is 0.812. The van der Waals surface area contributed by atoms with Crippen LogP contribution in [0.5, 0.6) is 5.75 Å². The molecule has 0 aliphatic heterocycles. The molecule has 20 heavy (non-hydrogen) atoms. The van der Waals surface area contributed by atoms with Crippen LogP contribution in [0.25, 0.3) is 11.1 Å². The molecule has 3 nitrogen and oxygen atoms in total. The summed E-state index contributed by atoms with van der Waals surface area (Å²) >= 11 is 0. The van der Waals surface area contributed by atoms with Gasteiger partial charge in [0.1, 0.15) is 5.75 Å². The van der Waals surface area contributed by atoms with E-state index in [0.717, 1.165) is 29.4 Å². The lowest BCUT2D eigenvalue weighted by molar-refractivity contribution is 0.0697. The number of carbonyl (C=O) groups is 1. The van der Waals surface area contributed by atoms with Gasteiger partial charge in [-0.3, -0.25) is 0 Å². The Morgan fingerprint density at radius 1 is 1.00 bits per heavy atom. The van der Waals surface area contributed by atoms with Crippen LogP contribution in [0.4, 0.5) is 0 Å². The third-order valence-corrected chi connectivity index (χ3v) is 3.50. The van der Waals surface area contributed by atoms with Crippen molar-refractivity contribution in [3.8, 4) is 16.9 Å². The predicted octanol–water partition coefficient (Wildman–Crippen LogP) is 3.84. The van der Waals surface area contributed by atoms with Gasteiger partial charge in [-0.15, -0.1) is 0 Å². The number of ether oxygens (including phenoxy) is 1. The molecule has 3 rings (SSSR count). The minimum Gasteiger partial charge on any atom is -0.493 e. The molecule has 0 atom stereocenters. The fourth-order valence-corrected chi connectivity index (χ4v) is 2.05. The number of hydrogen-bond acceptors (Lipinski definition) is 2. The zero-order chi connectivity index (χ0) is 13.9. The molecule has 102 valence electrons. The Hall–Kier alpha value is -2.29. The quantitative estimate of drug-likeness (QED) is 0.896. The van der Waals surface area contributed by atoms with Gasteiger partial charge in [0.25, 0.3) is 0 Å². The predicted molar refractivity (Wildman–Crippen MR) is 77.1 cm³/mol. The average Bonchev–Trinajstić information content (AvgIpc) is 3.30. The van der Waals surface area contributed by atoms with Crippen LogP contribution in [0.1, 0.15) is 23.2 Å². The largest absolute Gasteiger partial charge is 0.493 e. The van der Waals surface area contributed by atoms with E-state index in [4.69, 9.17) is 9.84 Å². The van der Waals surface area contributed by atoms with Crippen LogP contribution in [0.3, 0.4) is 0 Å². The van der Waals surface area contributed by atoms with Crippen molar-refractivity contribution in [1.82, 2.24) is 0 Å². The first-order valence-corrected chi connectivity index (χ1v) is 6.79. The molecular weight excluding hydrogens is 252 g/mol. The number of benzene rings is 2. The maximum atomic E-state index is 10.8. The molecule has 1 aliphatic rings. The first kappa shape index (κ1) is 12.7. The van der Waals surface area contributed by atoms with Crippen molar-refractivity contribution < 1.29 is 14.6 Å². The summed E-state index contributed by atoms with van der Waals surface area (Å²) in [5.74, 6) is 0.737. The highest BCUT2D eigenvalue weighted by Crippen LogP contribution is 2.30. The van der Waals surface area contributed by atoms with Gasteiger partial charge in [-0.1, -0.05) is 24.3 Å². The topological polar surface area (TPSA) is 46.5 Å². The second-order valence-corrected chi connectivity index (χ2v) is 5.16. The number of carboxylic acid groups (broad SMARTS) is 1. The number of aromatic carboxylic acids is 1. The number of hydrogen-bond donors (Lipinski definition) is 1. The molecule has 0 spiro atoms. The molecule has 2 aromatic rings. The summed E-state index contributed by atoms with van der Waals surface area (Å²) in [6.07, 6.45) is 2.57. The normalized spacial score (nSPS) is 14.0. The van der Waals surface area contributed by atoms with Gasteiger partial charge in [0.05, 0.1) is 12.2 Å². The summed E-state index contributed by atoms with van der Waals surface area (Å²) in [4.78, 5) is 10.8. The Morgan fingerprint density at radius 2 is 1.55 bits per heavy atom. The van der Waals surface area contributed by atoms with Crippen LogP contribution in [0, 0.1) is 5.92 Å². The average molecular weight is 268 g/mol. The van der Waals surface area contributed by atoms with E-state index in [1.165, 1.54) is 12.8 Å². The van der Waals surface area contributed by atoms with Gasteiger partial charge >= 0.3 is 5.97 Å². The van der Waals surface area contributed by atoms with E-state index in [0.29, 0.717) is 5.56 Å². The molecule has 0 amide bonds. The Morgan fingerprint density at radius 3 is 2.05 bits per heavy atom. The standard InChI is InChI=1S/C17H16O3/c18-17(19)15-5-3-13(4-6-15)14-7-9-16(10-8-14)20-11-12-1-2-12/h3-10,12H,1-2,11H2,(H,18,19). The number of rotatable bonds is 5. The van der Waals surface area contributed by atoms with Crippen molar-refractivity contribution >= 4 is 5.97 Å². The third kappa shape index (κ3) is 2.99. The molecule has 2 aromatic carbocycles. The molecule has 0 saturated heterocycles. The summed E-state index contributed by atoms with van der Waals surface area (Å²) in [7, 11) is 0. The Labute approximate surface area is 117 Å². The van der Waals surface area contributed by atoms with Crippen LogP contribution in [0.15, 0.2) is 48.5 Å². The van der Waals surface area contributed by atoms with Crippen molar-refractivity contribution in [2.24, 2.45) is 5.92 Å². The fourth-order valence-electron chi connectivity index (χ4n) is 2.05. The molecule has 1 aliphatic carbocycles. The smallest absolute Gasteiger partial charge is 0.335 e. The van der Waals surface area contributed by atoms with Gasteiger partial charge in [-0.05, 0) is 54.2 Å². The van der Waals surface area contributed by atoms with E-state index < -0.39 is 5.97 Å². The van der Waals surface area contributed by atoms with Gasteiger partial charge in [-0.2, -0.15) is 0 Å². The second kappa shape index (κ2) is 5.37. The van der Waals surface area contributed by atoms with Crippen molar-refractivity contribution in [2.45, 2.75) is 12.8 Å². The molecule has 1 N–H and O–H groups in total. The minimum absolute atomic E-state index is 0.304. The molecule has 0 unspecified atom stereocenters. The lowest BCUT2D eigenvalue weighted by Gasteiger charge is -2.07. The van der Waals surface area contributed by atoms with E-state index in [2.05, 4.69) is 0 Å². The molecule has 0 aromatic heterocycles. The molecule has 0 heterocycles. The monoisotopic (exact) mass is 268 g/mol. The summed E-state index contributed by atoms with van der Waals surface area (Å²) < 4.78 is 5.69. The van der Waals surface area contributed by atoms with Crippen molar-refractivity contribution in [3.63, 3.8) is 0 Å². The third-order valence-electron chi connectivity index (χ3n) is 3.50. The minimum atomic E-state index is -0.902.